The van der Waals surface area contributed by atoms with Crippen LogP contribution in [-0.2, 0) is 0 Å². The molecular formula is C28H37N3O. The molecular weight excluding hydrogens is 394 g/mol. The van der Waals surface area contributed by atoms with Gasteiger partial charge in [0.25, 0.3) is 5.91 Å². The second-order valence-corrected chi connectivity index (χ2v) is 9.04. The van der Waals surface area contributed by atoms with E-state index in [1.165, 1.54) is 11.1 Å². The SMILES string of the molecule is CCCN(CCC)c1c(C)nc(-c2c(C)cc(C(=O)NC(C)C)cc2C)c2ccccc12. The zero-order valence-electron chi connectivity index (χ0n) is 20.7. The number of amides is 1. The lowest BCUT2D eigenvalue weighted by Gasteiger charge is -2.28. The van der Waals surface area contributed by atoms with Gasteiger partial charge in [0.1, 0.15) is 0 Å². The summed E-state index contributed by atoms with van der Waals surface area (Å²) in [5.74, 6) is -0.0307. The molecule has 0 saturated heterocycles. The molecule has 0 spiro atoms. The van der Waals surface area contributed by atoms with Gasteiger partial charge in [0, 0.05) is 41.0 Å². The minimum Gasteiger partial charge on any atom is -0.370 e. The third-order valence-corrected chi connectivity index (χ3v) is 5.81. The first kappa shape index (κ1) is 23.8. The lowest BCUT2D eigenvalue weighted by molar-refractivity contribution is 0.0943. The zero-order valence-corrected chi connectivity index (χ0v) is 20.7. The first-order valence-corrected chi connectivity index (χ1v) is 11.8. The predicted molar refractivity (Wildman–Crippen MR) is 137 cm³/mol. The Morgan fingerprint density at radius 3 is 2.06 bits per heavy atom. The summed E-state index contributed by atoms with van der Waals surface area (Å²) in [5, 5.41) is 5.41. The molecule has 170 valence electrons. The molecule has 2 aromatic carbocycles. The molecule has 0 atom stereocenters. The average molecular weight is 432 g/mol. The van der Waals surface area contributed by atoms with Gasteiger partial charge in [0.05, 0.1) is 17.1 Å². The van der Waals surface area contributed by atoms with Crippen LogP contribution in [0.25, 0.3) is 22.0 Å². The third kappa shape index (κ3) is 4.79. The van der Waals surface area contributed by atoms with E-state index in [4.69, 9.17) is 4.98 Å². The van der Waals surface area contributed by atoms with Gasteiger partial charge in [-0.2, -0.15) is 0 Å². The van der Waals surface area contributed by atoms with Crippen LogP contribution in [0.5, 0.6) is 0 Å². The van der Waals surface area contributed by atoms with E-state index in [1.807, 2.05) is 26.0 Å². The molecule has 32 heavy (non-hydrogen) atoms. The smallest absolute Gasteiger partial charge is 0.251 e. The number of nitrogens with one attached hydrogen (secondary N) is 1. The van der Waals surface area contributed by atoms with Crippen molar-refractivity contribution in [3.05, 3.63) is 58.8 Å². The van der Waals surface area contributed by atoms with Crippen LogP contribution in [-0.4, -0.2) is 30.0 Å². The van der Waals surface area contributed by atoms with Crippen LogP contribution in [0.3, 0.4) is 0 Å². The average Bonchev–Trinajstić information content (AvgIpc) is 2.72. The van der Waals surface area contributed by atoms with Gasteiger partial charge in [-0.25, -0.2) is 0 Å². The molecule has 0 unspecified atom stereocenters. The van der Waals surface area contributed by atoms with E-state index in [1.54, 1.807) is 0 Å². The topological polar surface area (TPSA) is 45.2 Å². The Morgan fingerprint density at radius 1 is 0.969 bits per heavy atom. The lowest BCUT2D eigenvalue weighted by atomic mass is 9.92. The highest BCUT2D eigenvalue weighted by Crippen LogP contribution is 2.38. The Kier molecular flexibility index (Phi) is 7.55. The van der Waals surface area contributed by atoms with Gasteiger partial charge >= 0.3 is 0 Å². The normalized spacial score (nSPS) is 11.2. The standard InChI is InChI=1S/C28H37N3O/c1-8-14-31(15-9-2)27-21(7)30-26(23-12-10-11-13-24(23)27)25-19(5)16-22(17-20(25)6)28(32)29-18(3)4/h10-13,16-18H,8-9,14-15H2,1-7H3,(H,29,32). The van der Waals surface area contributed by atoms with E-state index in [0.717, 1.165) is 59.4 Å². The van der Waals surface area contributed by atoms with Crippen LogP contribution < -0.4 is 10.2 Å². The van der Waals surface area contributed by atoms with Gasteiger partial charge in [-0.15, -0.1) is 0 Å². The molecule has 0 saturated carbocycles. The number of anilines is 1. The van der Waals surface area contributed by atoms with Crippen molar-refractivity contribution in [1.82, 2.24) is 10.3 Å². The largest absolute Gasteiger partial charge is 0.370 e. The van der Waals surface area contributed by atoms with Crippen LogP contribution in [0.15, 0.2) is 36.4 Å². The fourth-order valence-corrected chi connectivity index (χ4v) is 4.65. The summed E-state index contributed by atoms with van der Waals surface area (Å²) in [7, 11) is 0. The van der Waals surface area contributed by atoms with E-state index in [0.29, 0.717) is 5.56 Å². The fraction of sp³-hybridized carbons (Fsp3) is 0.429. The van der Waals surface area contributed by atoms with Crippen molar-refractivity contribution in [2.24, 2.45) is 0 Å². The molecule has 0 aliphatic heterocycles. The number of aromatic nitrogens is 1. The highest BCUT2D eigenvalue weighted by Gasteiger charge is 2.20. The molecule has 0 fully saturated rings. The number of carbonyl (C=O) groups is 1. The van der Waals surface area contributed by atoms with Gasteiger partial charge < -0.3 is 10.2 Å². The Balaban J connectivity index is 2.21. The molecule has 1 amide bonds. The van der Waals surface area contributed by atoms with Crippen LogP contribution in [0.4, 0.5) is 5.69 Å². The number of pyridine rings is 1. The summed E-state index contributed by atoms with van der Waals surface area (Å²) in [6, 6.07) is 12.7. The number of aryl methyl sites for hydroxylation is 3. The Morgan fingerprint density at radius 2 is 1.53 bits per heavy atom. The predicted octanol–water partition coefficient (Wildman–Crippen LogP) is 6.59. The molecule has 0 aliphatic carbocycles. The van der Waals surface area contributed by atoms with Gasteiger partial charge in [-0.1, -0.05) is 38.1 Å². The van der Waals surface area contributed by atoms with Crippen LogP contribution >= 0.6 is 0 Å². The monoisotopic (exact) mass is 431 g/mol. The molecule has 1 N–H and O–H groups in total. The molecule has 0 bridgehead atoms. The molecule has 3 rings (SSSR count). The summed E-state index contributed by atoms with van der Waals surface area (Å²) in [5.41, 5.74) is 7.27. The van der Waals surface area contributed by atoms with Gasteiger partial charge in [0.15, 0.2) is 0 Å². The van der Waals surface area contributed by atoms with Gasteiger partial charge in [0.2, 0.25) is 0 Å². The number of hydrogen-bond donors (Lipinski definition) is 1. The minimum atomic E-state index is -0.0307. The number of nitrogens with zero attached hydrogens (tertiary/aromatic N) is 2. The van der Waals surface area contributed by atoms with Crippen molar-refractivity contribution in [2.75, 3.05) is 18.0 Å². The number of benzene rings is 2. The van der Waals surface area contributed by atoms with Crippen molar-refractivity contribution in [2.45, 2.75) is 67.3 Å². The summed E-state index contributed by atoms with van der Waals surface area (Å²) >= 11 is 0. The third-order valence-electron chi connectivity index (χ3n) is 5.81. The quantitative estimate of drug-likeness (QED) is 0.437. The number of rotatable bonds is 8. The second-order valence-electron chi connectivity index (χ2n) is 9.04. The summed E-state index contributed by atoms with van der Waals surface area (Å²) in [4.78, 5) is 20.2. The van der Waals surface area contributed by atoms with Crippen molar-refractivity contribution in [3.63, 3.8) is 0 Å². The molecule has 0 aliphatic rings. The van der Waals surface area contributed by atoms with Crippen LogP contribution in [0, 0.1) is 20.8 Å². The molecule has 3 aromatic rings. The molecule has 4 nitrogen and oxygen atoms in total. The number of hydrogen-bond acceptors (Lipinski definition) is 3. The van der Waals surface area contributed by atoms with E-state index in [9.17, 15) is 4.79 Å². The first-order chi connectivity index (χ1) is 15.3. The highest BCUT2D eigenvalue weighted by molar-refractivity contribution is 6.04. The Labute approximate surface area is 193 Å². The number of carbonyl (C=O) groups excluding carboxylic acids is 1. The maximum atomic E-state index is 12.6. The van der Waals surface area contributed by atoms with E-state index < -0.39 is 0 Å². The van der Waals surface area contributed by atoms with Crippen molar-refractivity contribution in [3.8, 4) is 11.3 Å². The Bertz CT molecular complexity index is 1090. The minimum absolute atomic E-state index is 0.0307. The summed E-state index contributed by atoms with van der Waals surface area (Å²) in [6.45, 7) is 16.7. The summed E-state index contributed by atoms with van der Waals surface area (Å²) < 4.78 is 0. The van der Waals surface area contributed by atoms with Crippen molar-refractivity contribution < 1.29 is 4.79 Å². The van der Waals surface area contributed by atoms with E-state index in [2.05, 4.69) is 69.1 Å². The zero-order chi connectivity index (χ0) is 23.4. The van der Waals surface area contributed by atoms with Gasteiger partial charge in [-0.3, -0.25) is 9.78 Å². The lowest BCUT2D eigenvalue weighted by Crippen LogP contribution is -2.30. The first-order valence-electron chi connectivity index (χ1n) is 11.8. The van der Waals surface area contributed by atoms with Crippen molar-refractivity contribution >= 4 is 22.4 Å². The molecule has 0 radical (unpaired) electrons. The molecule has 1 aromatic heterocycles. The summed E-state index contributed by atoms with van der Waals surface area (Å²) in [6.07, 6.45) is 2.21. The maximum absolute atomic E-state index is 12.6. The molecule has 4 heteroatoms. The van der Waals surface area contributed by atoms with Crippen molar-refractivity contribution in [1.29, 1.82) is 0 Å². The highest BCUT2D eigenvalue weighted by atomic mass is 16.1. The Hall–Kier alpha value is -2.88. The van der Waals surface area contributed by atoms with Crippen LogP contribution in [0.2, 0.25) is 0 Å². The molecule has 1 heterocycles. The number of fused-ring (bicyclic) bond motifs is 1. The van der Waals surface area contributed by atoms with E-state index in [-0.39, 0.29) is 11.9 Å². The van der Waals surface area contributed by atoms with E-state index >= 15 is 0 Å². The fourth-order valence-electron chi connectivity index (χ4n) is 4.65. The van der Waals surface area contributed by atoms with Gasteiger partial charge in [-0.05, 0) is 70.7 Å². The second kappa shape index (κ2) is 10.2. The maximum Gasteiger partial charge on any atom is 0.251 e. The van der Waals surface area contributed by atoms with Crippen LogP contribution in [0.1, 0.15) is 67.7 Å².